The van der Waals surface area contributed by atoms with Crippen molar-refractivity contribution in [3.63, 3.8) is 0 Å². The SMILES string of the molecule is CN1CCn2c1cc(OCc1ccc(Oc3ccc(F)c(Cl)c3)c(C#N)c1)nc2=O. The van der Waals surface area contributed by atoms with E-state index in [1.807, 2.05) is 11.9 Å². The smallest absolute Gasteiger partial charge is 0.352 e. The molecule has 4 rings (SSSR count). The summed E-state index contributed by atoms with van der Waals surface area (Å²) in [5.74, 6) is 1.04. The minimum atomic E-state index is -0.553. The second-order valence-electron chi connectivity index (χ2n) is 6.72. The minimum absolute atomic E-state index is 0.0700. The summed E-state index contributed by atoms with van der Waals surface area (Å²) in [7, 11) is 1.90. The van der Waals surface area contributed by atoms with Crippen LogP contribution in [0.2, 0.25) is 5.02 Å². The van der Waals surface area contributed by atoms with E-state index in [1.54, 1.807) is 28.8 Å². The van der Waals surface area contributed by atoms with Gasteiger partial charge in [0.15, 0.2) is 0 Å². The summed E-state index contributed by atoms with van der Waals surface area (Å²) < 4.78 is 26.2. The largest absolute Gasteiger partial charge is 0.473 e. The van der Waals surface area contributed by atoms with Crippen molar-refractivity contribution in [2.24, 2.45) is 0 Å². The zero-order valence-corrected chi connectivity index (χ0v) is 16.7. The molecule has 1 aliphatic heterocycles. The molecule has 152 valence electrons. The normalized spacial score (nSPS) is 12.4. The van der Waals surface area contributed by atoms with Crippen LogP contribution < -0.4 is 20.1 Å². The van der Waals surface area contributed by atoms with Crippen LogP contribution in [-0.2, 0) is 13.2 Å². The fourth-order valence-corrected chi connectivity index (χ4v) is 3.28. The lowest BCUT2D eigenvalue weighted by molar-refractivity contribution is 0.291. The Balaban J connectivity index is 1.50. The van der Waals surface area contributed by atoms with Crippen LogP contribution in [0.3, 0.4) is 0 Å². The van der Waals surface area contributed by atoms with Crippen molar-refractivity contribution in [2.45, 2.75) is 13.2 Å². The Hall–Kier alpha value is -3.57. The molecule has 0 aliphatic carbocycles. The van der Waals surface area contributed by atoms with E-state index in [9.17, 15) is 14.4 Å². The highest BCUT2D eigenvalue weighted by Gasteiger charge is 2.19. The van der Waals surface area contributed by atoms with Gasteiger partial charge < -0.3 is 14.4 Å². The lowest BCUT2D eigenvalue weighted by Gasteiger charge is -2.13. The maximum Gasteiger partial charge on any atom is 0.352 e. The first-order valence-electron chi connectivity index (χ1n) is 9.06. The van der Waals surface area contributed by atoms with Gasteiger partial charge in [0.2, 0.25) is 5.88 Å². The number of likely N-dealkylation sites (N-methyl/N-ethyl adjacent to an activating group) is 1. The summed E-state index contributed by atoms with van der Waals surface area (Å²) in [6, 6.07) is 12.7. The van der Waals surface area contributed by atoms with E-state index in [4.69, 9.17) is 21.1 Å². The van der Waals surface area contributed by atoms with Gasteiger partial charge in [0.1, 0.15) is 35.8 Å². The van der Waals surface area contributed by atoms with Gasteiger partial charge in [-0.05, 0) is 29.8 Å². The van der Waals surface area contributed by atoms with Gasteiger partial charge in [-0.1, -0.05) is 17.7 Å². The molecule has 30 heavy (non-hydrogen) atoms. The molecule has 7 nitrogen and oxygen atoms in total. The number of aromatic nitrogens is 2. The van der Waals surface area contributed by atoms with Crippen molar-refractivity contribution < 1.29 is 13.9 Å². The number of fused-ring (bicyclic) bond motifs is 1. The second-order valence-corrected chi connectivity index (χ2v) is 7.12. The number of hydrogen-bond donors (Lipinski definition) is 0. The van der Waals surface area contributed by atoms with Crippen LogP contribution >= 0.6 is 11.6 Å². The predicted octanol–water partition coefficient (Wildman–Crippen LogP) is 3.73. The molecule has 0 radical (unpaired) electrons. The quantitative estimate of drug-likeness (QED) is 0.618. The fraction of sp³-hybridized carbons (Fsp3) is 0.190. The van der Waals surface area contributed by atoms with Gasteiger partial charge in [0.25, 0.3) is 0 Å². The van der Waals surface area contributed by atoms with Crippen molar-refractivity contribution in [3.05, 3.63) is 74.9 Å². The first-order valence-corrected chi connectivity index (χ1v) is 9.44. The molecule has 0 N–H and O–H groups in total. The van der Waals surface area contributed by atoms with Crippen molar-refractivity contribution in [1.82, 2.24) is 9.55 Å². The molecule has 0 fully saturated rings. The first-order chi connectivity index (χ1) is 14.4. The monoisotopic (exact) mass is 426 g/mol. The highest BCUT2D eigenvalue weighted by atomic mass is 35.5. The van der Waals surface area contributed by atoms with E-state index in [1.165, 1.54) is 18.2 Å². The zero-order valence-electron chi connectivity index (χ0n) is 15.9. The average molecular weight is 427 g/mol. The van der Waals surface area contributed by atoms with E-state index < -0.39 is 5.82 Å². The van der Waals surface area contributed by atoms with Crippen LogP contribution in [0, 0.1) is 17.1 Å². The van der Waals surface area contributed by atoms with E-state index in [2.05, 4.69) is 11.1 Å². The van der Waals surface area contributed by atoms with Crippen molar-refractivity contribution in [2.75, 3.05) is 18.5 Å². The summed E-state index contributed by atoms with van der Waals surface area (Å²) in [5.41, 5.74) is 0.622. The van der Waals surface area contributed by atoms with E-state index >= 15 is 0 Å². The van der Waals surface area contributed by atoms with Crippen LogP contribution in [0.1, 0.15) is 11.1 Å². The number of anilines is 1. The summed E-state index contributed by atoms with van der Waals surface area (Å²) in [4.78, 5) is 18.0. The van der Waals surface area contributed by atoms with Gasteiger partial charge in [-0.3, -0.25) is 4.57 Å². The fourth-order valence-electron chi connectivity index (χ4n) is 3.11. The van der Waals surface area contributed by atoms with Crippen molar-refractivity contribution in [3.8, 4) is 23.4 Å². The number of halogens is 2. The molecular weight excluding hydrogens is 411 g/mol. The average Bonchev–Trinajstić information content (AvgIpc) is 3.11. The van der Waals surface area contributed by atoms with E-state index in [0.29, 0.717) is 23.6 Å². The minimum Gasteiger partial charge on any atom is -0.473 e. The number of ether oxygens (including phenoxy) is 2. The lowest BCUT2D eigenvalue weighted by Crippen LogP contribution is -2.22. The summed E-state index contributed by atoms with van der Waals surface area (Å²) in [6.07, 6.45) is 0. The molecule has 0 saturated heterocycles. The van der Waals surface area contributed by atoms with Gasteiger partial charge in [-0.2, -0.15) is 10.2 Å². The molecule has 0 bridgehead atoms. The highest BCUT2D eigenvalue weighted by molar-refractivity contribution is 6.30. The molecular formula is C21H16ClFN4O3. The molecule has 0 saturated carbocycles. The van der Waals surface area contributed by atoms with Gasteiger partial charge in [-0.15, -0.1) is 0 Å². The molecule has 3 aromatic rings. The number of benzene rings is 2. The summed E-state index contributed by atoms with van der Waals surface area (Å²) in [6.45, 7) is 1.47. The third-order valence-electron chi connectivity index (χ3n) is 4.69. The van der Waals surface area contributed by atoms with Gasteiger partial charge in [0.05, 0.1) is 10.6 Å². The molecule has 2 aromatic carbocycles. The first kappa shape index (κ1) is 19.7. The van der Waals surface area contributed by atoms with Gasteiger partial charge in [-0.25, -0.2) is 9.18 Å². The van der Waals surface area contributed by atoms with E-state index in [0.717, 1.165) is 12.4 Å². The Morgan fingerprint density at radius 3 is 2.83 bits per heavy atom. The van der Waals surface area contributed by atoms with Gasteiger partial charge in [0, 0.05) is 32.3 Å². The van der Waals surface area contributed by atoms with E-state index in [-0.39, 0.29) is 28.8 Å². The summed E-state index contributed by atoms with van der Waals surface area (Å²) >= 11 is 5.76. The Bertz CT molecular complexity index is 1220. The van der Waals surface area contributed by atoms with Gasteiger partial charge >= 0.3 is 5.69 Å². The number of hydrogen-bond acceptors (Lipinski definition) is 6. The molecule has 1 aromatic heterocycles. The van der Waals surface area contributed by atoms with Crippen LogP contribution in [0.25, 0.3) is 0 Å². The van der Waals surface area contributed by atoms with Crippen LogP contribution in [-0.4, -0.2) is 23.1 Å². The maximum absolute atomic E-state index is 13.3. The van der Waals surface area contributed by atoms with Crippen molar-refractivity contribution in [1.29, 1.82) is 5.26 Å². The molecule has 0 unspecified atom stereocenters. The molecule has 2 heterocycles. The van der Waals surface area contributed by atoms with Crippen LogP contribution in [0.4, 0.5) is 10.2 Å². The standard InChI is InChI=1S/C21H16ClFN4O3/c1-26-6-7-27-20(26)10-19(25-21(27)28)29-12-13-2-5-18(14(8-13)11-24)30-15-3-4-17(23)16(22)9-15/h2-5,8-10H,6-7,12H2,1H3. The Kier molecular flexibility index (Phi) is 5.29. The second kappa shape index (κ2) is 8.05. The molecule has 0 atom stereocenters. The molecule has 1 aliphatic rings. The number of nitrogens with zero attached hydrogens (tertiary/aromatic N) is 4. The highest BCUT2D eigenvalue weighted by Crippen LogP contribution is 2.29. The Morgan fingerprint density at radius 1 is 1.23 bits per heavy atom. The maximum atomic E-state index is 13.3. The van der Waals surface area contributed by atoms with Crippen molar-refractivity contribution >= 4 is 17.4 Å². The predicted molar refractivity (Wildman–Crippen MR) is 109 cm³/mol. The third-order valence-corrected chi connectivity index (χ3v) is 4.98. The molecule has 9 heteroatoms. The zero-order chi connectivity index (χ0) is 21.3. The lowest BCUT2D eigenvalue weighted by atomic mass is 10.1. The topological polar surface area (TPSA) is 80.4 Å². The molecule has 0 amide bonds. The third kappa shape index (κ3) is 3.93. The van der Waals surface area contributed by atoms with Crippen LogP contribution in [0.5, 0.6) is 17.4 Å². The van der Waals surface area contributed by atoms with Crippen LogP contribution in [0.15, 0.2) is 47.3 Å². The Morgan fingerprint density at radius 2 is 2.07 bits per heavy atom. The number of nitriles is 1. The Labute approximate surface area is 176 Å². The molecule has 0 spiro atoms. The summed E-state index contributed by atoms with van der Waals surface area (Å²) in [5, 5.41) is 9.39. The number of rotatable bonds is 5.